The van der Waals surface area contributed by atoms with Crippen LogP contribution in [0.15, 0.2) is 95.7 Å². The molecule has 6 heteroatoms. The molecule has 0 fully saturated rings. The minimum atomic E-state index is -0.318. The molecule has 1 amide bonds. The molecule has 2 aromatic heterocycles. The van der Waals surface area contributed by atoms with E-state index >= 15 is 0 Å². The molecule has 0 saturated carbocycles. The third-order valence-electron chi connectivity index (χ3n) is 3.87. The summed E-state index contributed by atoms with van der Waals surface area (Å²) < 4.78 is 10.8. The number of carbonyl (C=O) groups is 1. The highest BCUT2D eigenvalue weighted by atomic mass is 16.5. The van der Waals surface area contributed by atoms with Gasteiger partial charge in [-0.15, -0.1) is 0 Å². The van der Waals surface area contributed by atoms with Crippen LogP contribution in [0.1, 0.15) is 10.6 Å². The van der Waals surface area contributed by atoms with Crippen LogP contribution in [0.25, 0.3) is 0 Å². The Labute approximate surface area is 161 Å². The average Bonchev–Trinajstić information content (AvgIpc) is 3.27. The SMILES string of the molecule is O=C(Nc1ccc(Nc2ccc(Oc3ccccc3)cc2)nc1)c1ccco1. The first-order valence-electron chi connectivity index (χ1n) is 8.67. The Kier molecular flexibility index (Phi) is 5.02. The summed E-state index contributed by atoms with van der Waals surface area (Å²) in [6, 6.07) is 24.0. The van der Waals surface area contributed by atoms with Gasteiger partial charge in [-0.1, -0.05) is 18.2 Å². The number of carbonyl (C=O) groups excluding carboxylic acids is 1. The van der Waals surface area contributed by atoms with Crippen molar-refractivity contribution in [2.45, 2.75) is 0 Å². The molecule has 138 valence electrons. The van der Waals surface area contributed by atoms with E-state index in [1.54, 1.807) is 30.5 Å². The van der Waals surface area contributed by atoms with E-state index in [9.17, 15) is 4.79 Å². The first-order chi connectivity index (χ1) is 13.8. The van der Waals surface area contributed by atoms with Crippen molar-refractivity contribution in [2.24, 2.45) is 0 Å². The number of ether oxygens (including phenoxy) is 1. The maximum Gasteiger partial charge on any atom is 0.291 e. The molecule has 0 aliphatic heterocycles. The number of benzene rings is 2. The van der Waals surface area contributed by atoms with Gasteiger partial charge in [0.1, 0.15) is 17.3 Å². The average molecular weight is 371 g/mol. The number of nitrogens with one attached hydrogen (secondary N) is 2. The van der Waals surface area contributed by atoms with E-state index in [1.165, 1.54) is 6.26 Å². The topological polar surface area (TPSA) is 76.4 Å². The van der Waals surface area contributed by atoms with Crippen molar-refractivity contribution in [3.63, 3.8) is 0 Å². The zero-order valence-electron chi connectivity index (χ0n) is 14.8. The molecule has 4 rings (SSSR count). The second kappa shape index (κ2) is 8.09. The van der Waals surface area contributed by atoms with Crippen molar-refractivity contribution in [1.29, 1.82) is 0 Å². The second-order valence-corrected chi connectivity index (χ2v) is 5.93. The molecule has 0 aliphatic carbocycles. The van der Waals surface area contributed by atoms with Gasteiger partial charge in [0.05, 0.1) is 18.1 Å². The molecular weight excluding hydrogens is 354 g/mol. The van der Waals surface area contributed by atoms with E-state index in [2.05, 4.69) is 15.6 Å². The van der Waals surface area contributed by atoms with Crippen LogP contribution in [-0.2, 0) is 0 Å². The zero-order chi connectivity index (χ0) is 19.2. The number of nitrogens with zero attached hydrogens (tertiary/aromatic N) is 1. The van der Waals surface area contributed by atoms with Gasteiger partial charge in [-0.2, -0.15) is 0 Å². The molecule has 28 heavy (non-hydrogen) atoms. The Morgan fingerprint density at radius 1 is 0.821 bits per heavy atom. The van der Waals surface area contributed by atoms with E-state index in [0.29, 0.717) is 11.5 Å². The molecule has 4 aromatic rings. The number of hydrogen-bond acceptors (Lipinski definition) is 5. The summed E-state index contributed by atoms with van der Waals surface area (Å²) in [5, 5.41) is 5.93. The highest BCUT2D eigenvalue weighted by Crippen LogP contribution is 2.24. The van der Waals surface area contributed by atoms with Crippen LogP contribution in [0.2, 0.25) is 0 Å². The molecule has 0 atom stereocenters. The fourth-order valence-corrected chi connectivity index (χ4v) is 2.52. The van der Waals surface area contributed by atoms with Crippen LogP contribution >= 0.6 is 0 Å². The molecule has 6 nitrogen and oxygen atoms in total. The number of pyridine rings is 1. The molecule has 0 aliphatic rings. The van der Waals surface area contributed by atoms with Crippen LogP contribution in [0, 0.1) is 0 Å². The largest absolute Gasteiger partial charge is 0.459 e. The summed E-state index contributed by atoms with van der Waals surface area (Å²) in [7, 11) is 0. The minimum Gasteiger partial charge on any atom is -0.459 e. The Morgan fingerprint density at radius 2 is 1.57 bits per heavy atom. The molecule has 0 saturated heterocycles. The molecule has 0 bridgehead atoms. The summed E-state index contributed by atoms with van der Waals surface area (Å²) >= 11 is 0. The predicted octanol–water partition coefficient (Wildman–Crippen LogP) is 5.46. The third kappa shape index (κ3) is 4.37. The highest BCUT2D eigenvalue weighted by Gasteiger charge is 2.08. The van der Waals surface area contributed by atoms with Crippen LogP contribution < -0.4 is 15.4 Å². The predicted molar refractivity (Wildman–Crippen MR) is 107 cm³/mol. The molecule has 0 radical (unpaired) electrons. The highest BCUT2D eigenvalue weighted by molar-refractivity contribution is 6.02. The van der Waals surface area contributed by atoms with Gasteiger partial charge in [0.15, 0.2) is 5.76 Å². The monoisotopic (exact) mass is 371 g/mol. The first kappa shape index (κ1) is 17.4. The van der Waals surface area contributed by atoms with Crippen molar-refractivity contribution in [1.82, 2.24) is 4.98 Å². The van der Waals surface area contributed by atoms with Crippen molar-refractivity contribution >= 4 is 23.1 Å². The van der Waals surface area contributed by atoms with Gasteiger partial charge in [-0.3, -0.25) is 4.79 Å². The standard InChI is InChI=1S/C22H17N3O3/c26-22(20-7-4-14-27-20)25-17-10-13-21(23-15-17)24-16-8-11-19(12-9-16)28-18-5-2-1-3-6-18/h1-15H,(H,23,24)(H,25,26). The minimum absolute atomic E-state index is 0.250. The van der Waals surface area contributed by atoms with Crippen LogP contribution in [0.3, 0.4) is 0 Å². The van der Waals surface area contributed by atoms with Gasteiger partial charge in [0.2, 0.25) is 0 Å². The first-order valence-corrected chi connectivity index (χ1v) is 8.67. The molecule has 2 N–H and O–H groups in total. The Balaban J connectivity index is 1.35. The van der Waals surface area contributed by atoms with Gasteiger partial charge < -0.3 is 19.8 Å². The van der Waals surface area contributed by atoms with E-state index in [-0.39, 0.29) is 11.7 Å². The van der Waals surface area contributed by atoms with Gasteiger partial charge >= 0.3 is 0 Å². The second-order valence-electron chi connectivity index (χ2n) is 5.93. The van der Waals surface area contributed by atoms with Crippen molar-refractivity contribution in [2.75, 3.05) is 10.6 Å². The van der Waals surface area contributed by atoms with Gasteiger partial charge in [0.25, 0.3) is 5.91 Å². The summed E-state index contributed by atoms with van der Waals surface area (Å²) in [6.45, 7) is 0. The third-order valence-corrected chi connectivity index (χ3v) is 3.87. The van der Waals surface area contributed by atoms with Gasteiger partial charge in [0, 0.05) is 5.69 Å². The molecule has 0 unspecified atom stereocenters. The summed E-state index contributed by atoms with van der Waals surface area (Å²) in [5.74, 6) is 2.13. The normalized spacial score (nSPS) is 10.3. The molecular formula is C22H17N3O3. The van der Waals surface area contributed by atoms with Crippen LogP contribution in [-0.4, -0.2) is 10.9 Å². The molecule has 0 spiro atoms. The number of anilines is 3. The number of furan rings is 1. The number of aromatic nitrogens is 1. The lowest BCUT2D eigenvalue weighted by Gasteiger charge is -2.09. The quantitative estimate of drug-likeness (QED) is 0.470. The lowest BCUT2D eigenvalue weighted by atomic mass is 10.3. The molecule has 2 aromatic carbocycles. The van der Waals surface area contributed by atoms with E-state index in [0.717, 1.165) is 17.2 Å². The maximum atomic E-state index is 12.0. The number of hydrogen-bond donors (Lipinski definition) is 2. The maximum absolute atomic E-state index is 12.0. The van der Waals surface area contributed by atoms with E-state index in [1.807, 2.05) is 54.6 Å². The fourth-order valence-electron chi connectivity index (χ4n) is 2.52. The van der Waals surface area contributed by atoms with Crippen LogP contribution in [0.4, 0.5) is 17.2 Å². The van der Waals surface area contributed by atoms with Gasteiger partial charge in [-0.25, -0.2) is 4.98 Å². The van der Waals surface area contributed by atoms with E-state index in [4.69, 9.17) is 9.15 Å². The van der Waals surface area contributed by atoms with Crippen molar-refractivity contribution < 1.29 is 13.9 Å². The lowest BCUT2D eigenvalue weighted by molar-refractivity contribution is 0.0996. The Morgan fingerprint density at radius 3 is 2.25 bits per heavy atom. The lowest BCUT2D eigenvalue weighted by Crippen LogP contribution is -2.11. The Hall–Kier alpha value is -4.06. The summed E-state index contributed by atoms with van der Waals surface area (Å²) in [4.78, 5) is 16.3. The number of rotatable bonds is 6. The van der Waals surface area contributed by atoms with Crippen molar-refractivity contribution in [3.8, 4) is 11.5 Å². The smallest absolute Gasteiger partial charge is 0.291 e. The zero-order valence-corrected chi connectivity index (χ0v) is 14.8. The Bertz CT molecular complexity index is 1030. The van der Waals surface area contributed by atoms with Gasteiger partial charge in [-0.05, 0) is 60.7 Å². The van der Waals surface area contributed by atoms with Crippen LogP contribution in [0.5, 0.6) is 11.5 Å². The molecule has 2 heterocycles. The summed E-state index contributed by atoms with van der Waals surface area (Å²) in [5.41, 5.74) is 1.46. The van der Waals surface area contributed by atoms with E-state index < -0.39 is 0 Å². The summed E-state index contributed by atoms with van der Waals surface area (Å²) in [6.07, 6.45) is 3.03. The number of amides is 1. The van der Waals surface area contributed by atoms with Crippen molar-refractivity contribution in [3.05, 3.63) is 97.1 Å². The number of para-hydroxylation sites is 1. The fraction of sp³-hybridized carbons (Fsp3) is 0.